The van der Waals surface area contributed by atoms with Crippen LogP contribution < -0.4 is 10.5 Å². The molecular formula is C13H14N2O3S2. The summed E-state index contributed by atoms with van der Waals surface area (Å²) in [7, 11) is -3.69. The number of primary sulfonamides is 1. The maximum atomic E-state index is 11.9. The highest BCUT2D eigenvalue weighted by Gasteiger charge is 2.13. The van der Waals surface area contributed by atoms with Crippen molar-refractivity contribution in [1.82, 2.24) is 5.32 Å². The van der Waals surface area contributed by atoms with Crippen LogP contribution in [0.5, 0.6) is 0 Å². The summed E-state index contributed by atoms with van der Waals surface area (Å²) in [6.07, 6.45) is 0. The Kier molecular flexibility index (Phi) is 4.22. The minimum absolute atomic E-state index is 0.0533. The maximum absolute atomic E-state index is 11.9. The summed E-state index contributed by atoms with van der Waals surface area (Å²) < 4.78 is 22.3. The van der Waals surface area contributed by atoms with Gasteiger partial charge >= 0.3 is 0 Å². The molecule has 0 aliphatic rings. The molecule has 0 aliphatic heterocycles. The summed E-state index contributed by atoms with van der Waals surface area (Å²) in [6.45, 7) is 1.83. The number of hydrogen-bond acceptors (Lipinski definition) is 4. The van der Waals surface area contributed by atoms with Gasteiger partial charge in [-0.3, -0.25) is 4.79 Å². The summed E-state index contributed by atoms with van der Waals surface area (Å²) in [4.78, 5) is 11.9. The van der Waals surface area contributed by atoms with E-state index in [0.29, 0.717) is 5.56 Å². The molecule has 7 heteroatoms. The van der Waals surface area contributed by atoms with E-state index >= 15 is 0 Å². The number of amides is 1. The van der Waals surface area contributed by atoms with E-state index < -0.39 is 10.0 Å². The molecule has 106 valence electrons. The number of nitrogens with one attached hydrogen (secondary N) is 1. The standard InChI is InChI=1S/C13H14N2O3S2/c1-9(15-13(16)11-6-7-19-8-11)10-2-4-12(5-3-10)20(14,17)18/h2-9H,1H3,(H,15,16)(H2,14,17,18)/t9-/m0/s1. The third kappa shape index (κ3) is 3.44. The number of carbonyl (C=O) groups excluding carboxylic acids is 1. The highest BCUT2D eigenvalue weighted by molar-refractivity contribution is 7.89. The fourth-order valence-corrected chi connectivity index (χ4v) is 2.85. The predicted molar refractivity (Wildman–Crippen MR) is 78.0 cm³/mol. The fourth-order valence-electron chi connectivity index (χ4n) is 1.70. The molecule has 1 amide bonds. The Labute approximate surface area is 121 Å². The number of rotatable bonds is 4. The SMILES string of the molecule is C[C@H](NC(=O)c1ccsc1)c1ccc(S(N)(=O)=O)cc1. The van der Waals surface area contributed by atoms with Crippen LogP contribution in [0.4, 0.5) is 0 Å². The highest BCUT2D eigenvalue weighted by atomic mass is 32.2. The van der Waals surface area contributed by atoms with E-state index in [4.69, 9.17) is 5.14 Å². The van der Waals surface area contributed by atoms with Gasteiger partial charge in [0.25, 0.3) is 5.91 Å². The van der Waals surface area contributed by atoms with Crippen LogP contribution in [0.15, 0.2) is 46.0 Å². The first kappa shape index (κ1) is 14.7. The molecule has 0 aliphatic carbocycles. The Morgan fingerprint density at radius 2 is 1.90 bits per heavy atom. The minimum Gasteiger partial charge on any atom is -0.345 e. The van der Waals surface area contributed by atoms with Crippen LogP contribution in [0.25, 0.3) is 0 Å². The van der Waals surface area contributed by atoms with Crippen LogP contribution in [-0.2, 0) is 10.0 Å². The van der Waals surface area contributed by atoms with Crippen molar-refractivity contribution >= 4 is 27.3 Å². The average Bonchev–Trinajstić information content (AvgIpc) is 2.91. The normalized spacial score (nSPS) is 12.9. The van der Waals surface area contributed by atoms with Gasteiger partial charge in [0.2, 0.25) is 10.0 Å². The minimum atomic E-state index is -3.69. The molecule has 2 aromatic rings. The largest absolute Gasteiger partial charge is 0.345 e. The van der Waals surface area contributed by atoms with Gasteiger partial charge in [-0.25, -0.2) is 13.6 Å². The molecule has 0 unspecified atom stereocenters. The number of benzene rings is 1. The zero-order valence-corrected chi connectivity index (χ0v) is 12.4. The van der Waals surface area contributed by atoms with Gasteiger partial charge in [-0.15, -0.1) is 0 Å². The topological polar surface area (TPSA) is 89.3 Å². The third-order valence-corrected chi connectivity index (χ3v) is 4.45. The van der Waals surface area contributed by atoms with Gasteiger partial charge in [0.1, 0.15) is 0 Å². The van der Waals surface area contributed by atoms with E-state index in [2.05, 4.69) is 5.32 Å². The Morgan fingerprint density at radius 1 is 1.25 bits per heavy atom. The Hall–Kier alpha value is -1.70. The Morgan fingerprint density at radius 3 is 2.40 bits per heavy atom. The van der Waals surface area contributed by atoms with Crippen LogP contribution in [0.3, 0.4) is 0 Å². The van der Waals surface area contributed by atoms with E-state index in [0.717, 1.165) is 5.56 Å². The van der Waals surface area contributed by atoms with E-state index in [1.54, 1.807) is 23.6 Å². The molecule has 2 rings (SSSR count). The Balaban J connectivity index is 2.10. The lowest BCUT2D eigenvalue weighted by molar-refractivity contribution is 0.0940. The van der Waals surface area contributed by atoms with Gasteiger partial charge < -0.3 is 5.32 Å². The molecular weight excluding hydrogens is 296 g/mol. The van der Waals surface area contributed by atoms with Crippen molar-refractivity contribution in [2.75, 3.05) is 0 Å². The van der Waals surface area contributed by atoms with Crippen molar-refractivity contribution in [1.29, 1.82) is 0 Å². The molecule has 0 fully saturated rings. The van der Waals surface area contributed by atoms with Crippen molar-refractivity contribution in [3.63, 3.8) is 0 Å². The molecule has 1 aromatic heterocycles. The van der Waals surface area contributed by atoms with Crippen molar-refractivity contribution in [3.8, 4) is 0 Å². The van der Waals surface area contributed by atoms with Crippen molar-refractivity contribution < 1.29 is 13.2 Å². The van der Waals surface area contributed by atoms with Gasteiger partial charge in [0.05, 0.1) is 16.5 Å². The molecule has 3 N–H and O–H groups in total. The van der Waals surface area contributed by atoms with Gasteiger partial charge in [0, 0.05) is 5.38 Å². The molecule has 1 aromatic carbocycles. The molecule has 1 atom stereocenters. The molecule has 0 saturated heterocycles. The summed E-state index contributed by atoms with van der Waals surface area (Å²) in [5, 5.41) is 11.5. The number of hydrogen-bond donors (Lipinski definition) is 2. The second kappa shape index (κ2) is 5.74. The lowest BCUT2D eigenvalue weighted by Crippen LogP contribution is -2.26. The second-order valence-corrected chi connectivity index (χ2v) is 6.66. The number of sulfonamides is 1. The van der Waals surface area contributed by atoms with E-state index in [9.17, 15) is 13.2 Å². The van der Waals surface area contributed by atoms with Crippen LogP contribution in [0, 0.1) is 0 Å². The zero-order valence-electron chi connectivity index (χ0n) is 10.7. The monoisotopic (exact) mass is 310 g/mol. The fraction of sp³-hybridized carbons (Fsp3) is 0.154. The average molecular weight is 310 g/mol. The van der Waals surface area contributed by atoms with Crippen molar-refractivity contribution in [3.05, 3.63) is 52.2 Å². The van der Waals surface area contributed by atoms with E-state index in [-0.39, 0.29) is 16.8 Å². The molecule has 0 bridgehead atoms. The maximum Gasteiger partial charge on any atom is 0.252 e. The lowest BCUT2D eigenvalue weighted by Gasteiger charge is -2.14. The highest BCUT2D eigenvalue weighted by Crippen LogP contribution is 2.16. The predicted octanol–water partition coefficient (Wildman–Crippen LogP) is 1.89. The van der Waals surface area contributed by atoms with E-state index in [1.165, 1.54) is 23.5 Å². The zero-order chi connectivity index (χ0) is 14.8. The number of thiophene rings is 1. The van der Waals surface area contributed by atoms with Crippen LogP contribution in [0.1, 0.15) is 28.9 Å². The first-order valence-corrected chi connectivity index (χ1v) is 8.32. The number of nitrogens with two attached hydrogens (primary N) is 1. The van der Waals surface area contributed by atoms with Crippen LogP contribution in [0.2, 0.25) is 0 Å². The lowest BCUT2D eigenvalue weighted by atomic mass is 10.1. The third-order valence-electron chi connectivity index (χ3n) is 2.84. The summed E-state index contributed by atoms with van der Waals surface area (Å²) in [5.41, 5.74) is 1.42. The molecule has 0 saturated carbocycles. The smallest absolute Gasteiger partial charge is 0.252 e. The molecule has 20 heavy (non-hydrogen) atoms. The van der Waals surface area contributed by atoms with Gasteiger partial charge in [-0.1, -0.05) is 12.1 Å². The molecule has 1 heterocycles. The summed E-state index contributed by atoms with van der Waals surface area (Å²) in [6, 6.07) is 7.65. The van der Waals surface area contributed by atoms with Gasteiger partial charge in [-0.05, 0) is 36.1 Å². The number of carbonyl (C=O) groups is 1. The van der Waals surface area contributed by atoms with Gasteiger partial charge in [-0.2, -0.15) is 11.3 Å². The Bertz CT molecular complexity index is 692. The summed E-state index contributed by atoms with van der Waals surface area (Å²) >= 11 is 1.45. The van der Waals surface area contributed by atoms with Crippen LogP contribution in [-0.4, -0.2) is 14.3 Å². The van der Waals surface area contributed by atoms with Crippen molar-refractivity contribution in [2.24, 2.45) is 5.14 Å². The summed E-state index contributed by atoms with van der Waals surface area (Å²) in [5.74, 6) is -0.158. The first-order chi connectivity index (χ1) is 9.38. The first-order valence-electron chi connectivity index (χ1n) is 5.84. The van der Waals surface area contributed by atoms with E-state index in [1.807, 2.05) is 12.3 Å². The quantitative estimate of drug-likeness (QED) is 0.903. The second-order valence-electron chi connectivity index (χ2n) is 4.32. The van der Waals surface area contributed by atoms with Gasteiger partial charge in [0.15, 0.2) is 0 Å². The van der Waals surface area contributed by atoms with Crippen LogP contribution >= 0.6 is 11.3 Å². The van der Waals surface area contributed by atoms with Crippen molar-refractivity contribution in [2.45, 2.75) is 17.9 Å². The molecule has 5 nitrogen and oxygen atoms in total. The molecule has 0 radical (unpaired) electrons. The molecule has 0 spiro atoms.